The summed E-state index contributed by atoms with van der Waals surface area (Å²) < 4.78 is 24.1. The maximum absolute atomic E-state index is 15.9. The number of ether oxygens (including phenoxy) is 4. The molecule has 3 aliphatic heterocycles. The first kappa shape index (κ1) is 39.4. The monoisotopic (exact) mass is 753 g/mol. The second-order valence-electron chi connectivity index (χ2n) is 16.9. The second-order valence-corrected chi connectivity index (χ2v) is 16.9. The summed E-state index contributed by atoms with van der Waals surface area (Å²) in [6, 6.07) is -1.81. The van der Waals surface area contributed by atoms with Crippen molar-refractivity contribution in [2.45, 2.75) is 146 Å². The van der Waals surface area contributed by atoms with Gasteiger partial charge >= 0.3 is 12.1 Å². The van der Waals surface area contributed by atoms with E-state index in [2.05, 4.69) is 16.8 Å². The fourth-order valence-electron chi connectivity index (χ4n) is 12.1. The topological polar surface area (TPSA) is 144 Å². The maximum atomic E-state index is 15.9. The van der Waals surface area contributed by atoms with E-state index in [0.29, 0.717) is 18.5 Å². The van der Waals surface area contributed by atoms with Crippen molar-refractivity contribution >= 4 is 23.9 Å². The van der Waals surface area contributed by atoms with Crippen LogP contribution in [0.5, 0.6) is 0 Å². The van der Waals surface area contributed by atoms with Gasteiger partial charge in [-0.05, 0) is 81.6 Å². The molecule has 0 aromatic heterocycles. The number of morpholine rings is 1. The van der Waals surface area contributed by atoms with Crippen molar-refractivity contribution in [3.63, 3.8) is 0 Å². The number of nitrogens with one attached hydrogen (secondary N) is 1. The summed E-state index contributed by atoms with van der Waals surface area (Å²) in [5, 5.41) is 13.0. The molecule has 3 amide bonds. The number of carbonyl (C=O) groups is 4. The van der Waals surface area contributed by atoms with Crippen molar-refractivity contribution < 1.29 is 43.2 Å². The van der Waals surface area contributed by atoms with Crippen molar-refractivity contribution in [3.05, 3.63) is 23.9 Å². The van der Waals surface area contributed by atoms with Crippen molar-refractivity contribution in [1.29, 1.82) is 0 Å². The van der Waals surface area contributed by atoms with E-state index < -0.39 is 47.3 Å². The van der Waals surface area contributed by atoms with Crippen LogP contribution >= 0.6 is 0 Å². The van der Waals surface area contributed by atoms with Crippen LogP contribution in [-0.4, -0.2) is 109 Å². The van der Waals surface area contributed by atoms with Crippen LogP contribution in [0, 0.1) is 29.1 Å². The number of cyclic esters (lactones) is 1. The Kier molecular flexibility index (Phi) is 12.8. The number of carbonyl (C=O) groups excluding carboxylic acids is 4. The van der Waals surface area contributed by atoms with Gasteiger partial charge in [-0.1, -0.05) is 57.4 Å². The van der Waals surface area contributed by atoms with Gasteiger partial charge in [-0.15, -0.1) is 6.58 Å². The molecule has 5 fully saturated rings. The number of methoxy groups -OCH3 is 1. The molecule has 12 nitrogen and oxygen atoms in total. The third kappa shape index (κ3) is 6.95. The number of esters is 1. The highest BCUT2D eigenvalue weighted by Gasteiger charge is 2.77. The quantitative estimate of drug-likeness (QED) is 0.151. The molecule has 0 bridgehead atoms. The highest BCUT2D eigenvalue weighted by atomic mass is 16.6. The largest absolute Gasteiger partial charge is 0.459 e. The molecule has 7 aliphatic rings. The summed E-state index contributed by atoms with van der Waals surface area (Å²) in [5.41, 5.74) is -0.103. The van der Waals surface area contributed by atoms with Crippen LogP contribution in [0.25, 0.3) is 0 Å². The van der Waals surface area contributed by atoms with Crippen LogP contribution in [0.2, 0.25) is 0 Å². The zero-order chi connectivity index (χ0) is 37.8. The minimum atomic E-state index is -1.53. The molecule has 2 unspecified atom stereocenters. The second kappa shape index (κ2) is 17.6. The van der Waals surface area contributed by atoms with Gasteiger partial charge in [-0.3, -0.25) is 19.3 Å². The lowest BCUT2D eigenvalue weighted by Gasteiger charge is -2.54. The highest BCUT2D eigenvalue weighted by Crippen LogP contribution is 2.64. The Morgan fingerprint density at radius 3 is 2.30 bits per heavy atom. The summed E-state index contributed by atoms with van der Waals surface area (Å²) in [7, 11) is 1.53. The van der Waals surface area contributed by atoms with E-state index in [4.69, 9.17) is 18.9 Å². The molecule has 1 spiro atoms. The molecule has 3 saturated carbocycles. The summed E-state index contributed by atoms with van der Waals surface area (Å²) in [6.45, 7) is 4.21. The van der Waals surface area contributed by atoms with Gasteiger partial charge in [0.05, 0.1) is 37.9 Å². The average Bonchev–Trinajstić information content (AvgIpc) is 3.66. The van der Waals surface area contributed by atoms with E-state index in [1.807, 2.05) is 0 Å². The Balaban J connectivity index is 1.47. The van der Waals surface area contributed by atoms with Gasteiger partial charge < -0.3 is 29.4 Å². The summed E-state index contributed by atoms with van der Waals surface area (Å²) in [4.78, 5) is 63.8. The third-order valence-electron chi connectivity index (χ3n) is 14.1. The van der Waals surface area contributed by atoms with Crippen molar-refractivity contribution in [2.75, 3.05) is 40.1 Å². The summed E-state index contributed by atoms with van der Waals surface area (Å²) >= 11 is 0. The molecule has 54 heavy (non-hydrogen) atoms. The number of rotatable bonds is 12. The van der Waals surface area contributed by atoms with E-state index >= 15 is 14.4 Å². The first-order valence-electron chi connectivity index (χ1n) is 21.2. The normalized spacial score (nSPS) is 35.1. The third-order valence-corrected chi connectivity index (χ3v) is 14.1. The van der Waals surface area contributed by atoms with Crippen molar-refractivity contribution in [2.24, 2.45) is 29.1 Å². The maximum Gasteiger partial charge on any atom is 0.421 e. The first-order valence-corrected chi connectivity index (χ1v) is 21.2. The lowest BCUT2D eigenvalue weighted by molar-refractivity contribution is -0.192. The van der Waals surface area contributed by atoms with Crippen LogP contribution in [0.3, 0.4) is 0 Å². The van der Waals surface area contributed by atoms with E-state index in [9.17, 15) is 9.90 Å². The number of amides is 3. The number of aliphatic hydroxyl groups is 1. The lowest BCUT2D eigenvalue weighted by atomic mass is 9.59. The zero-order valence-electron chi connectivity index (χ0n) is 32.4. The molecule has 4 aliphatic carbocycles. The van der Waals surface area contributed by atoms with Crippen molar-refractivity contribution in [1.82, 2.24) is 15.1 Å². The fourth-order valence-corrected chi connectivity index (χ4v) is 12.1. The number of nitrogens with zero attached hydrogens (tertiary/aromatic N) is 2. The van der Waals surface area contributed by atoms with Crippen molar-refractivity contribution in [3.8, 4) is 0 Å². The van der Waals surface area contributed by atoms with Crippen LogP contribution < -0.4 is 5.32 Å². The van der Waals surface area contributed by atoms with E-state index in [0.717, 1.165) is 102 Å². The molecule has 3 heterocycles. The van der Waals surface area contributed by atoms with Gasteiger partial charge in [0, 0.05) is 31.3 Å². The minimum Gasteiger partial charge on any atom is -0.459 e. The van der Waals surface area contributed by atoms with Gasteiger partial charge in [0.2, 0.25) is 11.8 Å². The molecular weight excluding hydrogens is 690 g/mol. The molecule has 0 aromatic rings. The van der Waals surface area contributed by atoms with Gasteiger partial charge in [0.15, 0.2) is 0 Å². The highest BCUT2D eigenvalue weighted by molar-refractivity contribution is 6.07. The number of aliphatic hydroxyl groups excluding tert-OH is 1. The van der Waals surface area contributed by atoms with Gasteiger partial charge in [-0.2, -0.15) is 0 Å². The molecular formula is C42H63N3O9. The minimum absolute atomic E-state index is 0.0188. The van der Waals surface area contributed by atoms with Crippen LogP contribution in [0.4, 0.5) is 4.79 Å². The smallest absolute Gasteiger partial charge is 0.421 e. The fraction of sp³-hybridized carbons (Fsp3) is 0.810. The van der Waals surface area contributed by atoms with E-state index in [-0.39, 0.29) is 69.0 Å². The number of imide groups is 1. The zero-order valence-corrected chi connectivity index (χ0v) is 32.4. The molecule has 0 aromatic carbocycles. The van der Waals surface area contributed by atoms with Gasteiger partial charge in [0.25, 0.3) is 0 Å². The van der Waals surface area contributed by atoms with Crippen LogP contribution in [0.1, 0.15) is 116 Å². The molecule has 0 radical (unpaired) electrons. The molecule has 2 saturated heterocycles. The molecule has 2 N–H and O–H groups in total. The predicted molar refractivity (Wildman–Crippen MR) is 200 cm³/mol. The SMILES string of the molecule is C=CCNC(=O)[C@H]1[C@@H]2C(=O)O[C@@H](C3CCCCC3)[C@@H](C3CCCCC3)N2[C@@H](C2CCCCC2OCCO)[C@]12C(=O)N(C(=O)OCCOC)C1=C2CCCC1. The number of hydrogen-bond acceptors (Lipinski definition) is 10. The molecule has 12 heteroatoms. The lowest BCUT2D eigenvalue weighted by Crippen LogP contribution is -2.66. The first-order chi connectivity index (χ1) is 26.4. The molecule has 300 valence electrons. The predicted octanol–water partition coefficient (Wildman–Crippen LogP) is 5.42. The van der Waals surface area contributed by atoms with Gasteiger partial charge in [0.1, 0.15) is 24.2 Å². The number of fused-ring (bicyclic) bond motifs is 2. The number of allylic oxidation sites excluding steroid dienone is 1. The Hall–Kier alpha value is -2.80. The van der Waals surface area contributed by atoms with Gasteiger partial charge in [-0.25, -0.2) is 9.69 Å². The molecule has 7 rings (SSSR count). The number of hydrogen-bond donors (Lipinski definition) is 2. The average molecular weight is 754 g/mol. The van der Waals surface area contributed by atoms with E-state index in [1.54, 1.807) is 6.08 Å². The Labute approximate surface area is 320 Å². The summed E-state index contributed by atoms with van der Waals surface area (Å²) in [5.74, 6) is -2.25. The Morgan fingerprint density at radius 1 is 0.907 bits per heavy atom. The standard InChI is InChI=1S/C42H63N3O9/c1-3-22-43-38(47)33-35-39(48)54-36(28-16-8-5-9-17-28)34(27-14-6-4-7-15-27)45(35)37(29-18-10-13-21-32(29)52-24-23-46)42(33)30-19-11-12-20-31(30)44(40(42)49)41(50)53-26-25-51-2/h3,27-29,32-37,46H,1,4-26H2,2H3,(H,43,47)/t29?,32?,33-,34-,35-,36+,37+,42-/m1/s1. The summed E-state index contributed by atoms with van der Waals surface area (Å²) in [6.07, 6.45) is 16.8. The van der Waals surface area contributed by atoms with Crippen LogP contribution in [-0.2, 0) is 33.3 Å². The van der Waals surface area contributed by atoms with Crippen LogP contribution in [0.15, 0.2) is 23.9 Å². The Bertz CT molecular complexity index is 1420. The van der Waals surface area contributed by atoms with E-state index in [1.165, 1.54) is 18.4 Å². The molecule has 8 atom stereocenters. The Morgan fingerprint density at radius 2 is 1.59 bits per heavy atom.